The molecule has 0 heterocycles. The van der Waals surface area contributed by atoms with Crippen LogP contribution in [0.2, 0.25) is 0 Å². The number of ether oxygens (including phenoxy) is 4. The Balaban J connectivity index is 1.37. The van der Waals surface area contributed by atoms with Crippen LogP contribution in [0, 0.1) is 0 Å². The molecule has 238 valence electrons. The summed E-state index contributed by atoms with van der Waals surface area (Å²) in [6.07, 6.45) is 13.5. The van der Waals surface area contributed by atoms with Crippen molar-refractivity contribution in [3.63, 3.8) is 0 Å². The second kappa shape index (κ2) is 20.3. The molecule has 3 aromatic carbocycles. The fourth-order valence-electron chi connectivity index (χ4n) is 4.83. The Morgan fingerprint density at radius 1 is 0.568 bits per heavy atom. The second-order valence-electron chi connectivity index (χ2n) is 11.3. The molecule has 0 saturated heterocycles. The van der Waals surface area contributed by atoms with E-state index in [-0.39, 0.29) is 12.1 Å². The van der Waals surface area contributed by atoms with Gasteiger partial charge in [-0.25, -0.2) is 9.59 Å². The Hall–Kier alpha value is -3.64. The van der Waals surface area contributed by atoms with E-state index < -0.39 is 5.97 Å². The molecule has 0 amide bonds. The van der Waals surface area contributed by atoms with Gasteiger partial charge in [0, 0.05) is 6.61 Å². The predicted octanol–water partition coefficient (Wildman–Crippen LogP) is 9.84. The average Bonchev–Trinajstić information content (AvgIpc) is 3.04. The number of esters is 2. The lowest BCUT2D eigenvalue weighted by molar-refractivity contribution is 0.00226. The Morgan fingerprint density at radius 3 is 1.66 bits per heavy atom. The van der Waals surface area contributed by atoms with Gasteiger partial charge in [-0.1, -0.05) is 95.9 Å². The summed E-state index contributed by atoms with van der Waals surface area (Å²) in [7, 11) is 0. The van der Waals surface area contributed by atoms with E-state index in [1.54, 1.807) is 36.4 Å². The summed E-state index contributed by atoms with van der Waals surface area (Å²) in [5.74, 6) is 0.424. The molecule has 1 atom stereocenters. The number of carbonyl (C=O) groups excluding carboxylic acids is 2. The maximum Gasteiger partial charge on any atom is 0.343 e. The third-order valence-corrected chi connectivity index (χ3v) is 7.38. The molecule has 0 unspecified atom stereocenters. The Morgan fingerprint density at radius 2 is 1.07 bits per heavy atom. The summed E-state index contributed by atoms with van der Waals surface area (Å²) in [5, 5.41) is 0. The zero-order valence-electron chi connectivity index (χ0n) is 26.9. The van der Waals surface area contributed by atoms with Crippen molar-refractivity contribution in [1.29, 1.82) is 0 Å². The van der Waals surface area contributed by atoms with Crippen LogP contribution in [0.15, 0.2) is 72.8 Å². The molecule has 0 aromatic heterocycles. The van der Waals surface area contributed by atoms with Gasteiger partial charge in [0.25, 0.3) is 0 Å². The van der Waals surface area contributed by atoms with Gasteiger partial charge < -0.3 is 18.9 Å². The van der Waals surface area contributed by atoms with Crippen LogP contribution >= 0.6 is 0 Å². The smallest absolute Gasteiger partial charge is 0.343 e. The minimum Gasteiger partial charge on any atom is -0.494 e. The zero-order valence-corrected chi connectivity index (χ0v) is 26.9. The van der Waals surface area contributed by atoms with Crippen LogP contribution in [0.25, 0.3) is 11.1 Å². The van der Waals surface area contributed by atoms with Crippen molar-refractivity contribution in [3.8, 4) is 22.6 Å². The maximum absolute atomic E-state index is 12.7. The van der Waals surface area contributed by atoms with E-state index >= 15 is 0 Å². The maximum atomic E-state index is 12.7. The van der Waals surface area contributed by atoms with Crippen LogP contribution in [-0.2, 0) is 9.47 Å². The predicted molar refractivity (Wildman–Crippen MR) is 177 cm³/mol. The minimum absolute atomic E-state index is 0.311. The Kier molecular flexibility index (Phi) is 16.1. The molecule has 3 aromatic rings. The van der Waals surface area contributed by atoms with Gasteiger partial charge in [-0.05, 0) is 79.4 Å². The van der Waals surface area contributed by atoms with Crippen LogP contribution < -0.4 is 9.47 Å². The SMILES string of the molecule is CCCCCCCCCCCCOc1ccc(C(=O)Oc2ccc(-c3ccc(C(=O)O[C@H](C)COCCC)cc3)cc2)cc1. The number of unbranched alkanes of at least 4 members (excludes halogenated alkanes) is 9. The van der Waals surface area contributed by atoms with E-state index in [0.717, 1.165) is 29.7 Å². The molecule has 44 heavy (non-hydrogen) atoms. The zero-order chi connectivity index (χ0) is 31.4. The van der Waals surface area contributed by atoms with E-state index in [2.05, 4.69) is 6.92 Å². The summed E-state index contributed by atoms with van der Waals surface area (Å²) in [6, 6.07) is 21.6. The highest BCUT2D eigenvalue weighted by Gasteiger charge is 2.13. The third kappa shape index (κ3) is 12.9. The molecule has 6 nitrogen and oxygen atoms in total. The molecule has 0 N–H and O–H groups in total. The van der Waals surface area contributed by atoms with E-state index in [9.17, 15) is 9.59 Å². The van der Waals surface area contributed by atoms with Crippen molar-refractivity contribution in [2.24, 2.45) is 0 Å². The van der Waals surface area contributed by atoms with Gasteiger partial charge in [0.1, 0.15) is 17.6 Å². The lowest BCUT2D eigenvalue weighted by Crippen LogP contribution is -2.20. The van der Waals surface area contributed by atoms with Gasteiger partial charge in [0.15, 0.2) is 0 Å². The van der Waals surface area contributed by atoms with Gasteiger partial charge in [0.05, 0.1) is 24.3 Å². The molecule has 0 aliphatic heterocycles. The number of rotatable bonds is 21. The van der Waals surface area contributed by atoms with E-state index in [4.69, 9.17) is 18.9 Å². The fraction of sp³-hybridized carbons (Fsp3) is 0.474. The Bertz CT molecular complexity index is 1220. The lowest BCUT2D eigenvalue weighted by Gasteiger charge is -2.13. The van der Waals surface area contributed by atoms with Crippen LogP contribution in [0.5, 0.6) is 11.5 Å². The molecular weight excluding hydrogens is 552 g/mol. The van der Waals surface area contributed by atoms with Crippen molar-refractivity contribution in [2.75, 3.05) is 19.8 Å². The van der Waals surface area contributed by atoms with Crippen molar-refractivity contribution in [1.82, 2.24) is 0 Å². The molecule has 0 saturated carbocycles. The highest BCUT2D eigenvalue weighted by atomic mass is 16.6. The molecule has 6 heteroatoms. The highest BCUT2D eigenvalue weighted by molar-refractivity contribution is 5.91. The first-order chi connectivity index (χ1) is 21.5. The summed E-state index contributed by atoms with van der Waals surface area (Å²) in [6.45, 7) is 7.83. The monoisotopic (exact) mass is 602 g/mol. The second-order valence-corrected chi connectivity index (χ2v) is 11.3. The summed E-state index contributed by atoms with van der Waals surface area (Å²) in [4.78, 5) is 25.1. The number of carbonyl (C=O) groups is 2. The third-order valence-electron chi connectivity index (χ3n) is 7.38. The summed E-state index contributed by atoms with van der Waals surface area (Å²) in [5.41, 5.74) is 2.83. The van der Waals surface area contributed by atoms with E-state index in [1.165, 1.54) is 57.8 Å². The largest absolute Gasteiger partial charge is 0.494 e. The van der Waals surface area contributed by atoms with Crippen LogP contribution in [0.3, 0.4) is 0 Å². The summed E-state index contributed by atoms with van der Waals surface area (Å²) < 4.78 is 22.3. The molecule has 0 aliphatic rings. The van der Waals surface area contributed by atoms with E-state index in [1.807, 2.05) is 50.2 Å². The van der Waals surface area contributed by atoms with Crippen LogP contribution in [0.1, 0.15) is 112 Å². The average molecular weight is 603 g/mol. The first-order valence-electron chi connectivity index (χ1n) is 16.4. The first-order valence-corrected chi connectivity index (χ1v) is 16.4. The van der Waals surface area contributed by atoms with Crippen LogP contribution in [-0.4, -0.2) is 37.9 Å². The summed E-state index contributed by atoms with van der Waals surface area (Å²) >= 11 is 0. The topological polar surface area (TPSA) is 71.1 Å². The molecule has 0 radical (unpaired) electrons. The molecule has 0 aliphatic carbocycles. The number of benzene rings is 3. The number of hydrogen-bond acceptors (Lipinski definition) is 6. The molecule has 3 rings (SSSR count). The van der Waals surface area contributed by atoms with Gasteiger partial charge in [-0.2, -0.15) is 0 Å². The van der Waals surface area contributed by atoms with E-state index in [0.29, 0.717) is 36.7 Å². The van der Waals surface area contributed by atoms with Crippen molar-refractivity contribution < 1.29 is 28.5 Å². The van der Waals surface area contributed by atoms with Gasteiger partial charge in [-0.3, -0.25) is 0 Å². The van der Waals surface area contributed by atoms with Crippen molar-refractivity contribution in [2.45, 2.75) is 97.5 Å². The molecule has 0 spiro atoms. The van der Waals surface area contributed by atoms with Crippen molar-refractivity contribution >= 4 is 11.9 Å². The normalized spacial score (nSPS) is 11.6. The Labute approximate surface area is 264 Å². The minimum atomic E-state index is -0.420. The standard InChI is InChI=1S/C38H50O6/c1-4-6-7-8-9-10-11-12-13-14-28-42-35-23-21-34(22-24-35)38(40)44-36-25-19-32(20-26-36)31-15-17-33(18-16-31)37(39)43-30(3)29-41-27-5-2/h15-26,30H,4-14,27-29H2,1-3H3/t30-/m1/s1. The highest BCUT2D eigenvalue weighted by Crippen LogP contribution is 2.24. The van der Waals surface area contributed by atoms with Gasteiger partial charge >= 0.3 is 11.9 Å². The molecule has 0 fully saturated rings. The van der Waals surface area contributed by atoms with Gasteiger partial charge in [0.2, 0.25) is 0 Å². The van der Waals surface area contributed by atoms with Crippen molar-refractivity contribution in [3.05, 3.63) is 83.9 Å². The molecule has 0 bridgehead atoms. The van der Waals surface area contributed by atoms with Crippen LogP contribution in [0.4, 0.5) is 0 Å². The quantitative estimate of drug-likeness (QED) is 0.0686. The lowest BCUT2D eigenvalue weighted by atomic mass is 10.0. The fourth-order valence-corrected chi connectivity index (χ4v) is 4.83. The first kappa shape index (κ1) is 34.8. The number of hydrogen-bond donors (Lipinski definition) is 0. The molecular formula is C38H50O6. The van der Waals surface area contributed by atoms with Gasteiger partial charge in [-0.15, -0.1) is 0 Å².